The molecule has 1 heterocycles. The van der Waals surface area contributed by atoms with E-state index in [-0.39, 0.29) is 23.1 Å². The van der Waals surface area contributed by atoms with Crippen molar-refractivity contribution in [2.45, 2.75) is 31.1 Å². The van der Waals surface area contributed by atoms with Gasteiger partial charge in [0.2, 0.25) is 15.9 Å². The molecule has 1 amide bonds. The van der Waals surface area contributed by atoms with Crippen LogP contribution in [0.3, 0.4) is 0 Å². The topological polar surface area (TPSA) is 74.8 Å². The second-order valence-electron chi connectivity index (χ2n) is 5.78. The quantitative estimate of drug-likeness (QED) is 0.763. The smallest absolute Gasteiger partial charge is 0.243 e. The Labute approximate surface area is 137 Å². The molecule has 0 aliphatic carbocycles. The number of hydrogen-bond donors (Lipinski definition) is 0. The van der Waals surface area contributed by atoms with E-state index in [9.17, 15) is 18.0 Å². The first-order valence-corrected chi connectivity index (χ1v) is 9.11. The van der Waals surface area contributed by atoms with Gasteiger partial charge in [0.25, 0.3) is 0 Å². The number of likely N-dealkylation sites (N-methyl/N-ethyl adjacent to an activating group) is 1. The van der Waals surface area contributed by atoms with Crippen molar-refractivity contribution in [3.8, 4) is 0 Å². The van der Waals surface area contributed by atoms with Crippen LogP contribution in [0.15, 0.2) is 29.2 Å². The molecule has 1 aromatic carbocycles. The predicted octanol–water partition coefficient (Wildman–Crippen LogP) is 1.52. The van der Waals surface area contributed by atoms with Crippen LogP contribution in [-0.2, 0) is 14.8 Å². The molecule has 0 unspecified atom stereocenters. The Balaban J connectivity index is 2.08. The molecule has 7 heteroatoms. The van der Waals surface area contributed by atoms with Crippen molar-refractivity contribution in [1.29, 1.82) is 0 Å². The lowest BCUT2D eigenvalue weighted by molar-refractivity contribution is -0.132. The van der Waals surface area contributed by atoms with E-state index in [1.165, 1.54) is 38.2 Å². The summed E-state index contributed by atoms with van der Waals surface area (Å²) < 4.78 is 26.1. The maximum atomic E-state index is 12.5. The monoisotopic (exact) mass is 338 g/mol. The van der Waals surface area contributed by atoms with Gasteiger partial charge in [0.15, 0.2) is 5.78 Å². The summed E-state index contributed by atoms with van der Waals surface area (Å²) in [5.41, 5.74) is 0.455. The number of carbonyl (C=O) groups excluding carboxylic acids is 2. The molecule has 0 saturated carbocycles. The predicted molar refractivity (Wildman–Crippen MR) is 86.7 cm³/mol. The summed E-state index contributed by atoms with van der Waals surface area (Å²) in [5, 5.41) is 0. The van der Waals surface area contributed by atoms with Crippen LogP contribution < -0.4 is 0 Å². The van der Waals surface area contributed by atoms with Crippen molar-refractivity contribution in [1.82, 2.24) is 9.21 Å². The number of piperidine rings is 1. The van der Waals surface area contributed by atoms with Crippen molar-refractivity contribution >= 4 is 21.7 Å². The van der Waals surface area contributed by atoms with E-state index in [2.05, 4.69) is 0 Å². The normalized spacial score (nSPS) is 15.7. The lowest BCUT2D eigenvalue weighted by atomic mass is 10.1. The van der Waals surface area contributed by atoms with Gasteiger partial charge in [0.05, 0.1) is 11.4 Å². The fourth-order valence-electron chi connectivity index (χ4n) is 2.56. The molecule has 0 N–H and O–H groups in total. The molecular weight excluding hydrogens is 316 g/mol. The number of nitrogens with zero attached hydrogens (tertiary/aromatic N) is 2. The molecular formula is C16H22N2O4S. The molecule has 0 aromatic heterocycles. The third kappa shape index (κ3) is 4.17. The Morgan fingerprint density at radius 2 is 1.65 bits per heavy atom. The average Bonchev–Trinajstić information content (AvgIpc) is 2.55. The van der Waals surface area contributed by atoms with Gasteiger partial charge in [0.1, 0.15) is 0 Å². The van der Waals surface area contributed by atoms with Crippen LogP contribution in [0.2, 0.25) is 0 Å². The number of rotatable bonds is 5. The molecule has 6 nitrogen and oxygen atoms in total. The standard InChI is InChI=1S/C16H22N2O4S/c1-13(19)14-6-8-15(9-7-14)23(21,22)17(2)12-16(20)18-10-4-3-5-11-18/h6-9H,3-5,10-12H2,1-2H3. The number of carbonyl (C=O) groups is 2. The van der Waals surface area contributed by atoms with Gasteiger partial charge >= 0.3 is 0 Å². The lowest BCUT2D eigenvalue weighted by Gasteiger charge is -2.28. The Bertz CT molecular complexity index is 677. The minimum Gasteiger partial charge on any atom is -0.342 e. The highest BCUT2D eigenvalue weighted by molar-refractivity contribution is 7.89. The van der Waals surface area contributed by atoms with E-state index in [1.807, 2.05) is 0 Å². The molecule has 1 aliphatic heterocycles. The van der Waals surface area contributed by atoms with Crippen LogP contribution >= 0.6 is 0 Å². The average molecular weight is 338 g/mol. The summed E-state index contributed by atoms with van der Waals surface area (Å²) in [7, 11) is -2.34. The zero-order valence-corrected chi connectivity index (χ0v) is 14.3. The Hall–Kier alpha value is -1.73. The van der Waals surface area contributed by atoms with E-state index < -0.39 is 10.0 Å². The molecule has 1 aromatic rings. The molecule has 0 radical (unpaired) electrons. The fraction of sp³-hybridized carbons (Fsp3) is 0.500. The summed E-state index contributed by atoms with van der Waals surface area (Å²) in [6.45, 7) is 2.64. The molecule has 23 heavy (non-hydrogen) atoms. The molecule has 0 spiro atoms. The maximum absolute atomic E-state index is 12.5. The summed E-state index contributed by atoms with van der Waals surface area (Å²) in [6, 6.07) is 5.76. The fourth-order valence-corrected chi connectivity index (χ4v) is 3.68. The van der Waals surface area contributed by atoms with Gasteiger partial charge < -0.3 is 4.90 Å². The van der Waals surface area contributed by atoms with Crippen LogP contribution in [0.4, 0.5) is 0 Å². The van der Waals surface area contributed by atoms with Crippen molar-refractivity contribution < 1.29 is 18.0 Å². The Morgan fingerprint density at radius 1 is 1.09 bits per heavy atom. The first kappa shape index (κ1) is 17.6. The highest BCUT2D eigenvalue weighted by Gasteiger charge is 2.25. The lowest BCUT2D eigenvalue weighted by Crippen LogP contribution is -2.43. The molecule has 0 atom stereocenters. The van der Waals surface area contributed by atoms with Crippen molar-refractivity contribution in [2.24, 2.45) is 0 Å². The zero-order valence-electron chi connectivity index (χ0n) is 13.5. The zero-order chi connectivity index (χ0) is 17.0. The largest absolute Gasteiger partial charge is 0.342 e. The van der Waals surface area contributed by atoms with E-state index in [1.54, 1.807) is 4.90 Å². The van der Waals surface area contributed by atoms with Gasteiger partial charge in [-0.3, -0.25) is 9.59 Å². The van der Waals surface area contributed by atoms with Gasteiger partial charge in [-0.2, -0.15) is 4.31 Å². The minimum absolute atomic E-state index is 0.0800. The molecule has 0 bridgehead atoms. The van der Waals surface area contributed by atoms with Gasteiger partial charge in [-0.05, 0) is 38.3 Å². The van der Waals surface area contributed by atoms with Crippen molar-refractivity contribution in [2.75, 3.05) is 26.7 Å². The number of Topliss-reactive ketones (excluding diaryl/α,β-unsaturated/α-hetero) is 1. The molecule has 1 saturated heterocycles. The highest BCUT2D eigenvalue weighted by Crippen LogP contribution is 2.16. The molecule has 126 valence electrons. The number of ketones is 1. The van der Waals surface area contributed by atoms with Crippen LogP contribution in [0.5, 0.6) is 0 Å². The number of amides is 1. The van der Waals surface area contributed by atoms with Crippen LogP contribution in [0.25, 0.3) is 0 Å². The van der Waals surface area contributed by atoms with Gasteiger partial charge in [-0.25, -0.2) is 8.42 Å². The molecule has 2 rings (SSSR count). The van der Waals surface area contributed by atoms with E-state index in [4.69, 9.17) is 0 Å². The van der Waals surface area contributed by atoms with Crippen LogP contribution in [-0.4, -0.2) is 56.0 Å². The first-order chi connectivity index (χ1) is 10.8. The number of sulfonamides is 1. The Morgan fingerprint density at radius 3 is 2.17 bits per heavy atom. The van der Waals surface area contributed by atoms with E-state index >= 15 is 0 Å². The summed E-state index contributed by atoms with van der Waals surface area (Å²) in [5.74, 6) is -0.293. The number of likely N-dealkylation sites (tertiary alicyclic amines) is 1. The summed E-state index contributed by atoms with van der Waals surface area (Å²) >= 11 is 0. The maximum Gasteiger partial charge on any atom is 0.243 e. The third-order valence-corrected chi connectivity index (χ3v) is 5.85. The number of hydrogen-bond acceptors (Lipinski definition) is 4. The first-order valence-electron chi connectivity index (χ1n) is 7.67. The van der Waals surface area contributed by atoms with Gasteiger partial charge in [0, 0.05) is 25.7 Å². The summed E-state index contributed by atoms with van der Waals surface area (Å²) in [6.07, 6.45) is 3.05. The number of benzene rings is 1. The second-order valence-corrected chi connectivity index (χ2v) is 7.83. The van der Waals surface area contributed by atoms with Gasteiger partial charge in [-0.15, -0.1) is 0 Å². The Kier molecular flexibility index (Phi) is 5.54. The summed E-state index contributed by atoms with van der Waals surface area (Å²) in [4.78, 5) is 25.3. The highest BCUT2D eigenvalue weighted by atomic mass is 32.2. The molecule has 1 aliphatic rings. The minimum atomic E-state index is -3.74. The SMILES string of the molecule is CC(=O)c1ccc(S(=O)(=O)N(C)CC(=O)N2CCCCC2)cc1. The van der Waals surface area contributed by atoms with E-state index in [0.29, 0.717) is 18.7 Å². The second kappa shape index (κ2) is 7.23. The third-order valence-electron chi connectivity index (χ3n) is 4.04. The van der Waals surface area contributed by atoms with E-state index in [0.717, 1.165) is 23.6 Å². The van der Waals surface area contributed by atoms with Gasteiger partial charge in [-0.1, -0.05) is 12.1 Å². The molecule has 1 fully saturated rings. The van der Waals surface area contributed by atoms with Crippen molar-refractivity contribution in [3.63, 3.8) is 0 Å². The van der Waals surface area contributed by atoms with Crippen molar-refractivity contribution in [3.05, 3.63) is 29.8 Å². The van der Waals surface area contributed by atoms with Crippen LogP contribution in [0, 0.1) is 0 Å². The van der Waals surface area contributed by atoms with Crippen LogP contribution in [0.1, 0.15) is 36.5 Å².